The van der Waals surface area contributed by atoms with Crippen molar-refractivity contribution in [2.24, 2.45) is 0 Å². The minimum atomic E-state index is -2.26. The second-order valence-electron chi connectivity index (χ2n) is 7.31. The third-order valence-corrected chi connectivity index (χ3v) is 8.95. The number of amides is 1. The van der Waals surface area contributed by atoms with Crippen molar-refractivity contribution in [1.29, 1.82) is 0 Å². The molecule has 0 aromatic carbocycles. The van der Waals surface area contributed by atoms with E-state index in [-0.39, 0.29) is 10.9 Å². The fraction of sp³-hybridized carbons (Fsp3) is 0.929. The van der Waals surface area contributed by atoms with Crippen LogP contribution in [0.15, 0.2) is 0 Å². The van der Waals surface area contributed by atoms with Gasteiger partial charge in [-0.3, -0.25) is 4.79 Å². The first-order chi connectivity index (χ1) is 9.90. The standard InChI is InChI=1S/C14H29NO6Si/c1-8(17)15-10-12(21-22(5,6)14(2,3)4)11(18)9(7-16)20-13(10)19/h9-13,16,18-19H,7H2,1-6H3,(H,15,17)/t9-,10+,11-,12-,13+/m1/s1. The molecule has 130 valence electrons. The van der Waals surface area contributed by atoms with Crippen molar-refractivity contribution in [3.63, 3.8) is 0 Å². The molecule has 7 nitrogen and oxygen atoms in total. The Bertz CT molecular complexity index is 397. The van der Waals surface area contributed by atoms with Crippen molar-refractivity contribution in [1.82, 2.24) is 5.32 Å². The number of carbonyl (C=O) groups excluding carboxylic acids is 1. The molecule has 8 heteroatoms. The van der Waals surface area contributed by atoms with Gasteiger partial charge >= 0.3 is 0 Å². The molecule has 1 rings (SSSR count). The fourth-order valence-electron chi connectivity index (χ4n) is 2.13. The van der Waals surface area contributed by atoms with Crippen molar-refractivity contribution in [2.75, 3.05) is 6.61 Å². The van der Waals surface area contributed by atoms with Crippen LogP contribution in [0.2, 0.25) is 18.1 Å². The van der Waals surface area contributed by atoms with Gasteiger partial charge in [-0.15, -0.1) is 0 Å². The van der Waals surface area contributed by atoms with Gasteiger partial charge in [-0.05, 0) is 18.1 Å². The van der Waals surface area contributed by atoms with E-state index >= 15 is 0 Å². The zero-order valence-corrected chi connectivity index (χ0v) is 15.2. The molecule has 0 aromatic heterocycles. The number of aliphatic hydroxyl groups is 3. The number of carbonyl (C=O) groups is 1. The van der Waals surface area contributed by atoms with Crippen LogP contribution in [0, 0.1) is 0 Å². The number of rotatable bonds is 4. The molecule has 0 aliphatic carbocycles. The Kier molecular flexibility index (Phi) is 6.16. The molecule has 0 spiro atoms. The van der Waals surface area contributed by atoms with E-state index in [1.54, 1.807) is 0 Å². The highest BCUT2D eigenvalue weighted by molar-refractivity contribution is 6.74. The van der Waals surface area contributed by atoms with Crippen LogP contribution in [0.3, 0.4) is 0 Å². The Morgan fingerprint density at radius 1 is 1.32 bits per heavy atom. The molecule has 1 heterocycles. The zero-order chi connectivity index (χ0) is 17.3. The van der Waals surface area contributed by atoms with E-state index in [4.69, 9.17) is 9.16 Å². The monoisotopic (exact) mass is 335 g/mol. The predicted octanol–water partition coefficient (Wildman–Crippen LogP) is -0.0481. The molecule has 22 heavy (non-hydrogen) atoms. The molecular weight excluding hydrogens is 306 g/mol. The Hall–Kier alpha value is -0.513. The first-order valence-corrected chi connectivity index (χ1v) is 10.4. The molecule has 4 N–H and O–H groups in total. The molecule has 0 saturated carbocycles. The molecule has 1 aliphatic heterocycles. The van der Waals surface area contributed by atoms with Crippen molar-refractivity contribution >= 4 is 14.2 Å². The average molecular weight is 335 g/mol. The molecule has 0 bridgehead atoms. The summed E-state index contributed by atoms with van der Waals surface area (Å²) in [7, 11) is -2.26. The summed E-state index contributed by atoms with van der Waals surface area (Å²) in [5.74, 6) is -0.355. The van der Waals surface area contributed by atoms with Gasteiger partial charge in [0.25, 0.3) is 0 Å². The summed E-state index contributed by atoms with van der Waals surface area (Å²) in [5.41, 5.74) is 0. The van der Waals surface area contributed by atoms with Crippen LogP contribution in [0.25, 0.3) is 0 Å². The van der Waals surface area contributed by atoms with E-state index in [2.05, 4.69) is 26.1 Å². The second kappa shape index (κ2) is 6.94. The zero-order valence-electron chi connectivity index (χ0n) is 14.2. The summed E-state index contributed by atoms with van der Waals surface area (Å²) >= 11 is 0. The van der Waals surface area contributed by atoms with Gasteiger partial charge in [-0.25, -0.2) is 0 Å². The number of nitrogens with one attached hydrogen (secondary N) is 1. The molecular formula is C14H29NO6Si. The summed E-state index contributed by atoms with van der Waals surface area (Å²) in [6, 6.07) is -0.885. The van der Waals surface area contributed by atoms with Crippen LogP contribution in [0.4, 0.5) is 0 Å². The van der Waals surface area contributed by atoms with E-state index in [1.807, 2.05) is 13.1 Å². The SMILES string of the molecule is CC(=O)N[C@H]1[C@@H](O[Si](C)(C)C(C)(C)C)[C@H](O)[C@@H](CO)O[C@@H]1O. The van der Waals surface area contributed by atoms with Crippen LogP contribution < -0.4 is 5.32 Å². The average Bonchev–Trinajstić information content (AvgIpc) is 2.35. The maximum absolute atomic E-state index is 11.4. The normalized spacial score (nSPS) is 33.6. The van der Waals surface area contributed by atoms with Crippen LogP contribution in [-0.2, 0) is 14.0 Å². The maximum atomic E-state index is 11.4. The van der Waals surface area contributed by atoms with Gasteiger partial charge in [0, 0.05) is 6.92 Å². The Balaban J connectivity index is 3.07. The molecule has 1 amide bonds. The van der Waals surface area contributed by atoms with Crippen molar-refractivity contribution in [3.05, 3.63) is 0 Å². The summed E-state index contributed by atoms with van der Waals surface area (Å²) in [4.78, 5) is 11.4. The van der Waals surface area contributed by atoms with Gasteiger partial charge in [0.15, 0.2) is 14.6 Å². The lowest BCUT2D eigenvalue weighted by molar-refractivity contribution is -0.251. The number of hydrogen-bond donors (Lipinski definition) is 4. The predicted molar refractivity (Wildman–Crippen MR) is 83.6 cm³/mol. The quantitative estimate of drug-likeness (QED) is 0.537. The molecule has 0 aromatic rings. The van der Waals surface area contributed by atoms with Gasteiger partial charge in [-0.2, -0.15) is 0 Å². The summed E-state index contributed by atoms with van der Waals surface area (Å²) < 4.78 is 11.4. The van der Waals surface area contributed by atoms with Crippen LogP contribution in [0.5, 0.6) is 0 Å². The van der Waals surface area contributed by atoms with Crippen molar-refractivity contribution < 1.29 is 29.3 Å². The van der Waals surface area contributed by atoms with E-state index in [9.17, 15) is 20.1 Å². The van der Waals surface area contributed by atoms with Crippen molar-refractivity contribution in [2.45, 2.75) is 76.5 Å². The van der Waals surface area contributed by atoms with E-state index < -0.39 is 45.6 Å². The van der Waals surface area contributed by atoms with Crippen LogP contribution >= 0.6 is 0 Å². The Morgan fingerprint density at radius 2 is 1.86 bits per heavy atom. The molecule has 0 unspecified atom stereocenters. The summed E-state index contributed by atoms with van der Waals surface area (Å²) in [6.45, 7) is 11.1. The Morgan fingerprint density at radius 3 is 2.27 bits per heavy atom. The molecule has 0 radical (unpaired) electrons. The Labute approximate surface area is 132 Å². The van der Waals surface area contributed by atoms with E-state index in [0.717, 1.165) is 0 Å². The molecule has 1 aliphatic rings. The molecule has 5 atom stereocenters. The number of hydrogen-bond acceptors (Lipinski definition) is 6. The minimum absolute atomic E-state index is 0.106. The fourth-order valence-corrected chi connectivity index (χ4v) is 3.45. The van der Waals surface area contributed by atoms with Crippen LogP contribution in [0.1, 0.15) is 27.7 Å². The topological polar surface area (TPSA) is 108 Å². The van der Waals surface area contributed by atoms with Gasteiger partial charge in [0.1, 0.15) is 18.2 Å². The van der Waals surface area contributed by atoms with E-state index in [0.29, 0.717) is 0 Å². The first kappa shape index (κ1) is 19.5. The largest absolute Gasteiger partial charge is 0.409 e. The van der Waals surface area contributed by atoms with Gasteiger partial charge in [0.05, 0.1) is 12.7 Å². The smallest absolute Gasteiger partial charge is 0.217 e. The highest BCUT2D eigenvalue weighted by Gasteiger charge is 2.50. The van der Waals surface area contributed by atoms with Crippen molar-refractivity contribution in [3.8, 4) is 0 Å². The van der Waals surface area contributed by atoms with Gasteiger partial charge < -0.3 is 29.8 Å². The third kappa shape index (κ3) is 4.27. The minimum Gasteiger partial charge on any atom is -0.409 e. The van der Waals surface area contributed by atoms with Crippen LogP contribution in [-0.4, -0.2) is 66.8 Å². The maximum Gasteiger partial charge on any atom is 0.217 e. The highest BCUT2D eigenvalue weighted by atomic mass is 28.4. The highest BCUT2D eigenvalue weighted by Crippen LogP contribution is 2.39. The molecule has 1 saturated heterocycles. The lowest BCUT2D eigenvalue weighted by Gasteiger charge is -2.47. The summed E-state index contributed by atoms with van der Waals surface area (Å²) in [5, 5.41) is 32.3. The number of aliphatic hydroxyl groups excluding tert-OH is 3. The molecule has 1 fully saturated rings. The number of ether oxygens (including phenoxy) is 1. The van der Waals surface area contributed by atoms with Gasteiger partial charge in [-0.1, -0.05) is 20.8 Å². The van der Waals surface area contributed by atoms with Gasteiger partial charge in [0.2, 0.25) is 5.91 Å². The van der Waals surface area contributed by atoms with E-state index in [1.165, 1.54) is 6.92 Å². The first-order valence-electron chi connectivity index (χ1n) is 7.48. The third-order valence-electron chi connectivity index (χ3n) is 4.48. The lowest BCUT2D eigenvalue weighted by atomic mass is 9.97. The summed E-state index contributed by atoms with van der Waals surface area (Å²) in [6.07, 6.45) is -4.28. The second-order valence-corrected chi connectivity index (χ2v) is 12.1. The lowest BCUT2D eigenvalue weighted by Crippen LogP contribution is -2.67.